The van der Waals surface area contributed by atoms with E-state index in [1.165, 1.54) is 0 Å². The number of fused-ring (bicyclic) bond motifs is 2. The summed E-state index contributed by atoms with van der Waals surface area (Å²) in [6.45, 7) is 4.28. The van der Waals surface area contributed by atoms with Gasteiger partial charge in [-0.05, 0) is 50.7 Å². The van der Waals surface area contributed by atoms with Crippen LogP contribution in [-0.4, -0.2) is 15.8 Å². The van der Waals surface area contributed by atoms with Gasteiger partial charge in [0.15, 0.2) is 5.11 Å². The highest BCUT2D eigenvalue weighted by Crippen LogP contribution is 2.50. The number of halogens is 1. The van der Waals surface area contributed by atoms with Crippen LogP contribution in [0.3, 0.4) is 0 Å². The van der Waals surface area contributed by atoms with Gasteiger partial charge < -0.3 is 20.5 Å². The van der Waals surface area contributed by atoms with Gasteiger partial charge in [-0.2, -0.15) is 0 Å². The predicted molar refractivity (Wildman–Crippen MR) is 107 cm³/mol. The Balaban J connectivity index is 1.85. The van der Waals surface area contributed by atoms with E-state index < -0.39 is 5.54 Å². The Bertz CT molecular complexity index is 886. The van der Waals surface area contributed by atoms with Gasteiger partial charge in [-0.25, -0.2) is 0 Å². The molecule has 2 atom stereocenters. The van der Waals surface area contributed by atoms with Crippen LogP contribution >= 0.6 is 23.8 Å². The lowest BCUT2D eigenvalue weighted by Crippen LogP contribution is -2.65. The molecule has 0 amide bonds. The van der Waals surface area contributed by atoms with E-state index >= 15 is 0 Å². The predicted octanol–water partition coefficient (Wildman–Crippen LogP) is 4.41. The number of aromatic hydroxyl groups is 1. The van der Waals surface area contributed by atoms with E-state index in [1.54, 1.807) is 12.1 Å². The van der Waals surface area contributed by atoms with Crippen LogP contribution in [0.1, 0.15) is 43.9 Å². The molecule has 0 aromatic heterocycles. The van der Waals surface area contributed by atoms with E-state index in [4.69, 9.17) is 28.6 Å². The summed E-state index contributed by atoms with van der Waals surface area (Å²) in [5.74, 6) is 0.837. The number of phenolic OH excluding ortho intramolecular Hbond substituents is 1. The quantitative estimate of drug-likeness (QED) is 0.632. The fourth-order valence-electron chi connectivity index (χ4n) is 4.22. The molecule has 1 saturated heterocycles. The zero-order valence-electron chi connectivity index (χ0n) is 14.7. The van der Waals surface area contributed by atoms with Gasteiger partial charge in [-0.3, -0.25) is 0 Å². The summed E-state index contributed by atoms with van der Waals surface area (Å²) in [5, 5.41) is 18.1. The number of phenols is 1. The summed E-state index contributed by atoms with van der Waals surface area (Å²) < 4.78 is 6.26. The maximum absolute atomic E-state index is 9.98. The highest BCUT2D eigenvalue weighted by molar-refractivity contribution is 7.80. The molecule has 1 spiro atoms. The van der Waals surface area contributed by atoms with Crippen molar-refractivity contribution in [1.29, 1.82) is 0 Å². The molecule has 2 heterocycles. The molecule has 4 nitrogen and oxygen atoms in total. The maximum Gasteiger partial charge on any atom is 0.167 e. The van der Waals surface area contributed by atoms with Gasteiger partial charge in [0.2, 0.25) is 0 Å². The van der Waals surface area contributed by atoms with Crippen molar-refractivity contribution in [2.24, 2.45) is 0 Å². The Morgan fingerprint density at radius 2 is 1.96 bits per heavy atom. The molecule has 6 heteroatoms. The van der Waals surface area contributed by atoms with Crippen LogP contribution in [0.25, 0.3) is 0 Å². The van der Waals surface area contributed by atoms with Crippen molar-refractivity contribution in [1.82, 2.24) is 10.6 Å². The first-order chi connectivity index (χ1) is 12.3. The average Bonchev–Trinajstić information content (AvgIpc) is 2.52. The molecule has 3 N–H and O–H groups in total. The van der Waals surface area contributed by atoms with E-state index in [0.29, 0.717) is 22.3 Å². The molecule has 136 valence electrons. The fraction of sp³-hybridized carbons (Fsp3) is 0.350. The Kier molecular flexibility index (Phi) is 4.04. The van der Waals surface area contributed by atoms with Crippen LogP contribution in [0.4, 0.5) is 0 Å². The van der Waals surface area contributed by atoms with Crippen molar-refractivity contribution in [2.75, 3.05) is 0 Å². The van der Waals surface area contributed by atoms with E-state index in [9.17, 15) is 5.11 Å². The first-order valence-electron chi connectivity index (χ1n) is 8.63. The summed E-state index contributed by atoms with van der Waals surface area (Å²) >= 11 is 11.9. The number of hydrogen-bond acceptors (Lipinski definition) is 3. The summed E-state index contributed by atoms with van der Waals surface area (Å²) in [5.41, 5.74) is 1.39. The second kappa shape index (κ2) is 6.03. The summed E-state index contributed by atoms with van der Waals surface area (Å²) in [6.07, 6.45) is 1.28. The zero-order valence-corrected chi connectivity index (χ0v) is 16.2. The second-order valence-electron chi connectivity index (χ2n) is 7.73. The van der Waals surface area contributed by atoms with Crippen molar-refractivity contribution < 1.29 is 9.84 Å². The standard InChI is InChI=1S/C20H21ClN2O2S/c1-19(2)11-20(23-18(26)22-19)10-17(13-5-3-4-6-15(13)21)25-16-9-12(24)7-8-14(16)20/h3-9,17,24H,10-11H2,1-2H3,(H2,22,23,26)/t17-,20-/m0/s1. The van der Waals surface area contributed by atoms with Gasteiger partial charge in [-0.1, -0.05) is 29.8 Å². The topological polar surface area (TPSA) is 53.5 Å². The SMILES string of the molecule is CC1(C)C[C@]2(C[C@@H](c3ccccc3Cl)Oc3cc(O)ccc32)NC(=S)N1. The van der Waals surface area contributed by atoms with Gasteiger partial charge in [0.25, 0.3) is 0 Å². The summed E-state index contributed by atoms with van der Waals surface area (Å²) in [7, 11) is 0. The normalized spacial score (nSPS) is 26.4. The minimum atomic E-state index is -0.392. The monoisotopic (exact) mass is 388 g/mol. The lowest BCUT2D eigenvalue weighted by molar-refractivity contribution is 0.0870. The van der Waals surface area contributed by atoms with E-state index in [2.05, 4.69) is 24.5 Å². The Morgan fingerprint density at radius 3 is 2.69 bits per heavy atom. The first-order valence-corrected chi connectivity index (χ1v) is 9.42. The van der Waals surface area contributed by atoms with Crippen molar-refractivity contribution in [3.05, 3.63) is 58.6 Å². The van der Waals surface area contributed by atoms with Gasteiger partial charge in [0.05, 0.1) is 5.54 Å². The second-order valence-corrected chi connectivity index (χ2v) is 8.55. The van der Waals surface area contributed by atoms with Crippen LogP contribution in [0.2, 0.25) is 5.02 Å². The largest absolute Gasteiger partial charge is 0.508 e. The third-order valence-corrected chi connectivity index (χ3v) is 5.63. The molecule has 2 aromatic carbocycles. The third-order valence-electron chi connectivity index (χ3n) is 5.08. The minimum Gasteiger partial charge on any atom is -0.508 e. The van der Waals surface area contributed by atoms with E-state index in [0.717, 1.165) is 17.5 Å². The third kappa shape index (κ3) is 2.99. The summed E-state index contributed by atoms with van der Waals surface area (Å²) in [6, 6.07) is 13.0. The van der Waals surface area contributed by atoms with Crippen LogP contribution in [0.5, 0.6) is 11.5 Å². The van der Waals surface area contributed by atoms with Crippen LogP contribution in [0.15, 0.2) is 42.5 Å². The molecule has 0 aliphatic carbocycles. The number of hydrogen-bond donors (Lipinski definition) is 3. The number of rotatable bonds is 1. The molecule has 0 bridgehead atoms. The van der Waals surface area contributed by atoms with Crippen molar-refractivity contribution in [2.45, 2.75) is 43.9 Å². The summed E-state index contributed by atoms with van der Waals surface area (Å²) in [4.78, 5) is 0. The Morgan fingerprint density at radius 1 is 1.19 bits per heavy atom. The number of ether oxygens (including phenoxy) is 1. The average molecular weight is 389 g/mol. The number of thiocarbonyl (C=S) groups is 1. The van der Waals surface area contributed by atoms with Crippen molar-refractivity contribution >= 4 is 28.9 Å². The molecular weight excluding hydrogens is 368 g/mol. The zero-order chi connectivity index (χ0) is 18.5. The molecule has 26 heavy (non-hydrogen) atoms. The fourth-order valence-corrected chi connectivity index (χ4v) is 4.95. The Labute approximate surface area is 163 Å². The smallest absolute Gasteiger partial charge is 0.167 e. The molecule has 4 rings (SSSR count). The molecular formula is C20H21ClN2O2S. The number of nitrogens with one attached hydrogen (secondary N) is 2. The van der Waals surface area contributed by atoms with Crippen molar-refractivity contribution in [3.63, 3.8) is 0 Å². The molecule has 2 aliphatic heterocycles. The molecule has 0 radical (unpaired) electrons. The molecule has 0 saturated carbocycles. The molecule has 2 aliphatic rings. The van der Waals surface area contributed by atoms with Crippen LogP contribution in [0, 0.1) is 0 Å². The lowest BCUT2D eigenvalue weighted by Gasteiger charge is -2.51. The highest BCUT2D eigenvalue weighted by Gasteiger charge is 2.49. The minimum absolute atomic E-state index is 0.167. The van der Waals surface area contributed by atoms with Gasteiger partial charge in [0.1, 0.15) is 17.6 Å². The lowest BCUT2D eigenvalue weighted by atomic mass is 9.72. The highest BCUT2D eigenvalue weighted by atomic mass is 35.5. The molecule has 0 unspecified atom stereocenters. The van der Waals surface area contributed by atoms with E-state index in [1.807, 2.05) is 30.3 Å². The van der Waals surface area contributed by atoms with Crippen LogP contribution in [-0.2, 0) is 5.54 Å². The Hall–Kier alpha value is -1.98. The number of benzene rings is 2. The van der Waals surface area contributed by atoms with Gasteiger partial charge >= 0.3 is 0 Å². The molecule has 1 fully saturated rings. The molecule has 2 aromatic rings. The van der Waals surface area contributed by atoms with Gasteiger partial charge in [-0.15, -0.1) is 0 Å². The van der Waals surface area contributed by atoms with Gasteiger partial charge in [0, 0.05) is 34.2 Å². The maximum atomic E-state index is 9.98. The van der Waals surface area contributed by atoms with E-state index in [-0.39, 0.29) is 17.4 Å². The van der Waals surface area contributed by atoms with Crippen molar-refractivity contribution in [3.8, 4) is 11.5 Å². The van der Waals surface area contributed by atoms with Crippen LogP contribution < -0.4 is 15.4 Å². The first kappa shape index (κ1) is 17.4.